The Balaban J connectivity index is 2.21. The van der Waals surface area contributed by atoms with Crippen LogP contribution in [0.5, 0.6) is 5.75 Å². The van der Waals surface area contributed by atoms with Crippen molar-refractivity contribution in [3.05, 3.63) is 59.2 Å². The monoisotopic (exact) mass is 239 g/mol. The van der Waals surface area contributed by atoms with E-state index in [1.807, 2.05) is 30.5 Å². The van der Waals surface area contributed by atoms with E-state index in [1.165, 1.54) is 11.1 Å². The fourth-order valence-corrected chi connectivity index (χ4v) is 1.71. The first-order valence-electron chi connectivity index (χ1n) is 5.94. The van der Waals surface area contributed by atoms with Crippen molar-refractivity contribution in [3.8, 4) is 5.75 Å². The van der Waals surface area contributed by atoms with Crippen molar-refractivity contribution in [3.63, 3.8) is 0 Å². The minimum absolute atomic E-state index is 0.848. The van der Waals surface area contributed by atoms with Gasteiger partial charge in [0.1, 0.15) is 5.75 Å². The maximum Gasteiger partial charge on any atom is 0.119 e. The highest BCUT2D eigenvalue weighted by molar-refractivity contribution is 5.84. The van der Waals surface area contributed by atoms with Crippen LogP contribution in [0.25, 0.3) is 0 Å². The highest BCUT2D eigenvalue weighted by Gasteiger charge is 1.96. The Bertz CT molecular complexity index is 556. The van der Waals surface area contributed by atoms with Crippen molar-refractivity contribution in [1.82, 2.24) is 0 Å². The van der Waals surface area contributed by atoms with Gasteiger partial charge < -0.3 is 4.74 Å². The summed E-state index contributed by atoms with van der Waals surface area (Å²) in [5.74, 6) is 0.848. The van der Waals surface area contributed by atoms with E-state index < -0.39 is 0 Å². The van der Waals surface area contributed by atoms with Gasteiger partial charge in [-0.15, -0.1) is 0 Å². The number of methoxy groups -OCH3 is 1. The Morgan fingerprint density at radius 2 is 1.72 bits per heavy atom. The predicted octanol–water partition coefficient (Wildman–Crippen LogP) is 4.06. The van der Waals surface area contributed by atoms with Gasteiger partial charge in [-0.2, -0.15) is 0 Å². The van der Waals surface area contributed by atoms with E-state index in [1.54, 1.807) is 7.11 Å². The van der Waals surface area contributed by atoms with Gasteiger partial charge in [0.25, 0.3) is 0 Å². The number of ether oxygens (including phenoxy) is 1. The van der Waals surface area contributed by atoms with Crippen LogP contribution in [-0.2, 0) is 0 Å². The first-order chi connectivity index (χ1) is 8.69. The van der Waals surface area contributed by atoms with Crippen molar-refractivity contribution >= 4 is 11.9 Å². The van der Waals surface area contributed by atoms with E-state index in [4.69, 9.17) is 4.74 Å². The molecule has 0 N–H and O–H groups in total. The summed E-state index contributed by atoms with van der Waals surface area (Å²) in [7, 11) is 1.66. The van der Waals surface area contributed by atoms with Gasteiger partial charge in [-0.3, -0.25) is 4.99 Å². The Morgan fingerprint density at radius 1 is 1.00 bits per heavy atom. The number of nitrogens with zero attached hydrogens (tertiary/aromatic N) is 1. The molecule has 0 saturated heterocycles. The Morgan fingerprint density at radius 3 is 2.39 bits per heavy atom. The summed E-state index contributed by atoms with van der Waals surface area (Å²) in [6, 6.07) is 14.1. The second-order valence-electron chi connectivity index (χ2n) is 4.32. The molecule has 2 heteroatoms. The van der Waals surface area contributed by atoms with Crippen LogP contribution in [-0.4, -0.2) is 13.3 Å². The van der Waals surface area contributed by atoms with Crippen LogP contribution in [0, 0.1) is 13.8 Å². The standard InChI is InChI=1S/C16H17NO/c1-12-4-5-13(2)14(10-12)11-17-15-6-8-16(18-3)9-7-15/h4-11H,1-3H3. The van der Waals surface area contributed by atoms with Crippen LogP contribution in [0.3, 0.4) is 0 Å². The third kappa shape index (κ3) is 2.98. The molecule has 0 spiro atoms. The molecule has 0 aromatic heterocycles. The largest absolute Gasteiger partial charge is 0.497 e. The van der Waals surface area contributed by atoms with E-state index in [9.17, 15) is 0 Å². The lowest BCUT2D eigenvalue weighted by Gasteiger charge is -2.02. The fourth-order valence-electron chi connectivity index (χ4n) is 1.71. The Hall–Kier alpha value is -2.09. The molecule has 0 atom stereocenters. The van der Waals surface area contributed by atoms with E-state index in [0.717, 1.165) is 17.0 Å². The van der Waals surface area contributed by atoms with E-state index >= 15 is 0 Å². The van der Waals surface area contributed by atoms with Gasteiger partial charge in [-0.1, -0.05) is 23.8 Å². The highest BCUT2D eigenvalue weighted by atomic mass is 16.5. The number of aliphatic imine (C=N–C) groups is 1. The average Bonchev–Trinajstić information content (AvgIpc) is 2.40. The molecule has 0 heterocycles. The number of hydrogen-bond donors (Lipinski definition) is 0. The maximum absolute atomic E-state index is 5.11. The summed E-state index contributed by atoms with van der Waals surface area (Å²) in [5.41, 5.74) is 4.57. The molecular weight excluding hydrogens is 222 g/mol. The van der Waals surface area contributed by atoms with Gasteiger partial charge in [0.15, 0.2) is 0 Å². The summed E-state index contributed by atoms with van der Waals surface area (Å²) in [5, 5.41) is 0. The quantitative estimate of drug-likeness (QED) is 0.740. The lowest BCUT2D eigenvalue weighted by Crippen LogP contribution is -1.87. The van der Waals surface area contributed by atoms with Crippen LogP contribution in [0.2, 0.25) is 0 Å². The minimum Gasteiger partial charge on any atom is -0.497 e. The molecule has 0 aliphatic rings. The van der Waals surface area contributed by atoms with Gasteiger partial charge in [-0.05, 0) is 49.2 Å². The number of rotatable bonds is 3. The molecule has 2 aromatic carbocycles. The van der Waals surface area contributed by atoms with Crippen molar-refractivity contribution in [1.29, 1.82) is 0 Å². The van der Waals surface area contributed by atoms with E-state index in [-0.39, 0.29) is 0 Å². The first-order valence-corrected chi connectivity index (χ1v) is 5.94. The lowest BCUT2D eigenvalue weighted by atomic mass is 10.1. The van der Waals surface area contributed by atoms with Crippen LogP contribution >= 0.6 is 0 Å². The zero-order chi connectivity index (χ0) is 13.0. The SMILES string of the molecule is COc1ccc(N=Cc2cc(C)ccc2C)cc1. The number of hydrogen-bond acceptors (Lipinski definition) is 2. The summed E-state index contributed by atoms with van der Waals surface area (Å²) < 4.78 is 5.11. The number of aryl methyl sites for hydroxylation is 2. The topological polar surface area (TPSA) is 21.6 Å². The van der Waals surface area contributed by atoms with Crippen molar-refractivity contribution < 1.29 is 4.74 Å². The summed E-state index contributed by atoms with van der Waals surface area (Å²) in [4.78, 5) is 4.47. The molecular formula is C16H17NO. The van der Waals surface area contributed by atoms with Gasteiger partial charge in [-0.25, -0.2) is 0 Å². The van der Waals surface area contributed by atoms with Gasteiger partial charge >= 0.3 is 0 Å². The summed E-state index contributed by atoms with van der Waals surface area (Å²) in [6.07, 6.45) is 1.91. The van der Waals surface area contributed by atoms with Gasteiger partial charge in [0.2, 0.25) is 0 Å². The summed E-state index contributed by atoms with van der Waals surface area (Å²) >= 11 is 0. The minimum atomic E-state index is 0.848. The maximum atomic E-state index is 5.11. The average molecular weight is 239 g/mol. The molecule has 0 amide bonds. The summed E-state index contributed by atoms with van der Waals surface area (Å²) in [6.45, 7) is 4.18. The second kappa shape index (κ2) is 5.50. The highest BCUT2D eigenvalue weighted by Crippen LogP contribution is 2.18. The molecule has 92 valence electrons. The zero-order valence-corrected chi connectivity index (χ0v) is 11.0. The molecule has 0 aliphatic heterocycles. The molecule has 2 aromatic rings. The fraction of sp³-hybridized carbons (Fsp3) is 0.188. The molecule has 0 bridgehead atoms. The molecule has 0 radical (unpaired) electrons. The van der Waals surface area contributed by atoms with Crippen molar-refractivity contribution in [2.45, 2.75) is 13.8 Å². The van der Waals surface area contributed by atoms with E-state index in [0.29, 0.717) is 0 Å². The van der Waals surface area contributed by atoms with E-state index in [2.05, 4.69) is 37.0 Å². The lowest BCUT2D eigenvalue weighted by molar-refractivity contribution is 0.415. The number of benzene rings is 2. The smallest absolute Gasteiger partial charge is 0.119 e. The molecule has 2 rings (SSSR count). The second-order valence-corrected chi connectivity index (χ2v) is 4.32. The molecule has 0 fully saturated rings. The Kier molecular flexibility index (Phi) is 3.78. The third-order valence-corrected chi connectivity index (χ3v) is 2.86. The van der Waals surface area contributed by atoms with Crippen LogP contribution < -0.4 is 4.74 Å². The molecule has 0 saturated carbocycles. The van der Waals surface area contributed by atoms with Crippen molar-refractivity contribution in [2.75, 3.05) is 7.11 Å². The molecule has 18 heavy (non-hydrogen) atoms. The van der Waals surface area contributed by atoms with Crippen LogP contribution in [0.1, 0.15) is 16.7 Å². The van der Waals surface area contributed by atoms with Crippen LogP contribution in [0.15, 0.2) is 47.5 Å². The third-order valence-electron chi connectivity index (χ3n) is 2.86. The van der Waals surface area contributed by atoms with Crippen molar-refractivity contribution in [2.24, 2.45) is 4.99 Å². The molecule has 0 aliphatic carbocycles. The normalized spacial score (nSPS) is 10.8. The van der Waals surface area contributed by atoms with Gasteiger partial charge in [0.05, 0.1) is 12.8 Å². The first kappa shape index (κ1) is 12.4. The molecule has 0 unspecified atom stereocenters. The molecule has 2 nitrogen and oxygen atoms in total. The van der Waals surface area contributed by atoms with Gasteiger partial charge in [0, 0.05) is 6.21 Å². The predicted molar refractivity (Wildman–Crippen MR) is 76.2 cm³/mol. The Labute approximate surface area is 108 Å². The zero-order valence-electron chi connectivity index (χ0n) is 11.0. The van der Waals surface area contributed by atoms with Crippen LogP contribution in [0.4, 0.5) is 5.69 Å².